The summed E-state index contributed by atoms with van der Waals surface area (Å²) in [6.07, 6.45) is -1.22. The normalized spacial score (nSPS) is 12.2. The van der Waals surface area contributed by atoms with Crippen molar-refractivity contribution in [3.8, 4) is 0 Å². The molecule has 1 atom stereocenters. The minimum Gasteiger partial charge on any atom is -0.448 e. The number of hydrogen-bond acceptors (Lipinski definition) is 5. The van der Waals surface area contributed by atoms with Gasteiger partial charge in [-0.2, -0.15) is 0 Å². The molecule has 0 saturated heterocycles. The van der Waals surface area contributed by atoms with Gasteiger partial charge in [-0.25, -0.2) is 14.0 Å². The van der Waals surface area contributed by atoms with Crippen LogP contribution in [0.3, 0.4) is 0 Å². The number of hydrogen-bond donors (Lipinski definition) is 2. The van der Waals surface area contributed by atoms with Crippen molar-refractivity contribution in [1.82, 2.24) is 5.32 Å². The smallest absolute Gasteiger partial charge is 0.350 e. The fourth-order valence-corrected chi connectivity index (χ4v) is 3.44. The van der Waals surface area contributed by atoms with E-state index in [1.165, 1.54) is 18.2 Å². The second-order valence-electron chi connectivity index (χ2n) is 5.31. The number of halogens is 2. The number of nitrogens with two attached hydrogens (primary N) is 1. The van der Waals surface area contributed by atoms with Crippen LogP contribution in [0.4, 0.5) is 9.18 Å². The number of fused-ring (bicyclic) bond motifs is 1. The second kappa shape index (κ2) is 7.14. The summed E-state index contributed by atoms with van der Waals surface area (Å²) in [5, 5.41) is 2.51. The van der Waals surface area contributed by atoms with E-state index in [1.807, 2.05) is 5.32 Å². The first-order valence-electron chi connectivity index (χ1n) is 6.89. The number of benzene rings is 1. The van der Waals surface area contributed by atoms with Gasteiger partial charge in [-0.15, -0.1) is 11.3 Å². The summed E-state index contributed by atoms with van der Waals surface area (Å²) < 4.78 is 18.9. The molecule has 6 nitrogen and oxygen atoms in total. The summed E-state index contributed by atoms with van der Waals surface area (Å²) in [7, 11) is 0. The first-order chi connectivity index (χ1) is 11.2. The number of carbonyl (C=O) groups is 3. The van der Waals surface area contributed by atoms with E-state index in [0.29, 0.717) is 10.1 Å². The van der Waals surface area contributed by atoms with Gasteiger partial charge in [0.25, 0.3) is 5.91 Å². The van der Waals surface area contributed by atoms with Crippen LogP contribution < -0.4 is 11.1 Å². The monoisotopic (exact) mass is 372 g/mol. The molecule has 2 aromatic rings. The van der Waals surface area contributed by atoms with Crippen LogP contribution in [0.1, 0.15) is 23.5 Å². The zero-order valence-electron chi connectivity index (χ0n) is 12.8. The fraction of sp³-hybridized carbons (Fsp3) is 0.267. The molecule has 1 heterocycles. The number of thiophene rings is 1. The van der Waals surface area contributed by atoms with Gasteiger partial charge < -0.3 is 10.5 Å². The molecule has 1 aromatic carbocycles. The lowest BCUT2D eigenvalue weighted by Gasteiger charge is -2.19. The zero-order chi connectivity index (χ0) is 18.0. The number of esters is 1. The van der Waals surface area contributed by atoms with E-state index in [4.69, 9.17) is 22.1 Å². The maximum absolute atomic E-state index is 13.3. The van der Waals surface area contributed by atoms with Crippen LogP contribution in [-0.2, 0) is 9.53 Å². The first kappa shape index (κ1) is 18.2. The van der Waals surface area contributed by atoms with E-state index >= 15 is 0 Å². The van der Waals surface area contributed by atoms with Gasteiger partial charge in [0.15, 0.2) is 6.10 Å². The summed E-state index contributed by atoms with van der Waals surface area (Å²) in [6.45, 7) is 3.28. The Morgan fingerprint density at radius 3 is 2.58 bits per heavy atom. The molecule has 0 saturated carbocycles. The minimum absolute atomic E-state index is 0.0507. The van der Waals surface area contributed by atoms with E-state index in [0.717, 1.165) is 11.3 Å². The van der Waals surface area contributed by atoms with Crippen LogP contribution in [0.5, 0.6) is 0 Å². The average Bonchev–Trinajstić information content (AvgIpc) is 2.79. The summed E-state index contributed by atoms with van der Waals surface area (Å²) in [5.74, 6) is -2.52. The number of carbonyl (C=O) groups excluding carboxylic acids is 3. The second-order valence-corrected chi connectivity index (χ2v) is 6.74. The Morgan fingerprint density at radius 1 is 1.33 bits per heavy atom. The average molecular weight is 373 g/mol. The molecule has 0 aliphatic heterocycles. The van der Waals surface area contributed by atoms with E-state index in [-0.39, 0.29) is 9.90 Å². The maximum Gasteiger partial charge on any atom is 0.350 e. The summed E-state index contributed by atoms with van der Waals surface area (Å²) >= 11 is 7.10. The Kier molecular flexibility index (Phi) is 5.40. The predicted molar refractivity (Wildman–Crippen MR) is 88.6 cm³/mol. The van der Waals surface area contributed by atoms with Crippen molar-refractivity contribution in [3.05, 3.63) is 33.9 Å². The maximum atomic E-state index is 13.3. The highest BCUT2D eigenvalue weighted by atomic mass is 35.5. The van der Waals surface area contributed by atoms with Gasteiger partial charge in [0, 0.05) is 10.1 Å². The Bertz CT molecular complexity index is 821. The number of urea groups is 1. The van der Waals surface area contributed by atoms with Crippen LogP contribution in [0, 0.1) is 11.7 Å². The highest BCUT2D eigenvalue weighted by Gasteiger charge is 2.29. The Morgan fingerprint density at radius 2 is 2.00 bits per heavy atom. The van der Waals surface area contributed by atoms with Gasteiger partial charge in [-0.05, 0) is 24.1 Å². The fourth-order valence-electron chi connectivity index (χ4n) is 2.02. The van der Waals surface area contributed by atoms with Crippen LogP contribution >= 0.6 is 22.9 Å². The molecule has 3 amide bonds. The Labute approximate surface area is 145 Å². The SMILES string of the molecule is CC(C)C(OC(=O)c1sc2cc(F)ccc2c1Cl)C(=O)NC(N)=O. The summed E-state index contributed by atoms with van der Waals surface area (Å²) in [4.78, 5) is 35.1. The minimum atomic E-state index is -1.22. The van der Waals surface area contributed by atoms with Crippen LogP contribution in [0.25, 0.3) is 10.1 Å². The van der Waals surface area contributed by atoms with Crippen molar-refractivity contribution >= 4 is 50.9 Å². The number of imide groups is 1. The molecule has 3 N–H and O–H groups in total. The van der Waals surface area contributed by atoms with Crippen molar-refractivity contribution in [2.24, 2.45) is 11.7 Å². The molecule has 128 valence electrons. The number of ether oxygens (including phenoxy) is 1. The third-order valence-corrected chi connectivity index (χ3v) is 4.76. The molecule has 0 aliphatic carbocycles. The first-order valence-corrected chi connectivity index (χ1v) is 8.09. The van der Waals surface area contributed by atoms with Crippen molar-refractivity contribution in [3.63, 3.8) is 0 Å². The Balaban J connectivity index is 2.28. The predicted octanol–water partition coefficient (Wildman–Crippen LogP) is 3.07. The van der Waals surface area contributed by atoms with Gasteiger partial charge in [-0.1, -0.05) is 25.4 Å². The lowest BCUT2D eigenvalue weighted by Crippen LogP contribution is -2.45. The largest absolute Gasteiger partial charge is 0.448 e. The lowest BCUT2D eigenvalue weighted by molar-refractivity contribution is -0.130. The lowest BCUT2D eigenvalue weighted by atomic mass is 10.1. The summed E-state index contributed by atoms with van der Waals surface area (Å²) in [6, 6.07) is 2.90. The molecule has 0 spiro atoms. The van der Waals surface area contributed by atoms with Crippen molar-refractivity contribution in [1.29, 1.82) is 0 Å². The molecular formula is C15H14ClFN2O4S. The molecule has 0 aliphatic rings. The molecule has 1 unspecified atom stereocenters. The van der Waals surface area contributed by atoms with Crippen LogP contribution in [0.2, 0.25) is 5.02 Å². The van der Waals surface area contributed by atoms with Crippen LogP contribution in [0.15, 0.2) is 18.2 Å². The van der Waals surface area contributed by atoms with Gasteiger partial charge in [-0.3, -0.25) is 10.1 Å². The highest BCUT2D eigenvalue weighted by molar-refractivity contribution is 7.21. The van der Waals surface area contributed by atoms with Crippen molar-refractivity contribution in [2.45, 2.75) is 20.0 Å². The third-order valence-electron chi connectivity index (χ3n) is 3.12. The topological polar surface area (TPSA) is 98.5 Å². The molecule has 1 aromatic heterocycles. The number of amides is 3. The molecule has 24 heavy (non-hydrogen) atoms. The van der Waals surface area contributed by atoms with Crippen molar-refractivity contribution in [2.75, 3.05) is 0 Å². The number of rotatable bonds is 4. The zero-order valence-corrected chi connectivity index (χ0v) is 14.3. The van der Waals surface area contributed by atoms with E-state index in [1.54, 1.807) is 13.8 Å². The molecule has 0 fully saturated rings. The standard InChI is InChI=1S/C15H14ClFN2O4S/c1-6(2)11(13(20)19-15(18)22)23-14(21)12-10(16)8-4-3-7(17)5-9(8)24-12/h3-6,11H,1-2H3,(H3,18,19,20,22). The molecular weight excluding hydrogens is 359 g/mol. The van der Waals surface area contributed by atoms with Gasteiger partial charge >= 0.3 is 12.0 Å². The van der Waals surface area contributed by atoms with E-state index < -0.39 is 35.7 Å². The molecule has 0 radical (unpaired) electrons. The molecule has 2 rings (SSSR count). The van der Waals surface area contributed by atoms with Gasteiger partial charge in [0.05, 0.1) is 5.02 Å². The summed E-state index contributed by atoms with van der Waals surface area (Å²) in [5.41, 5.74) is 4.90. The van der Waals surface area contributed by atoms with E-state index in [9.17, 15) is 18.8 Å². The number of primary amides is 1. The third kappa shape index (κ3) is 3.82. The number of nitrogens with one attached hydrogen (secondary N) is 1. The van der Waals surface area contributed by atoms with Gasteiger partial charge in [0.2, 0.25) is 0 Å². The quantitative estimate of drug-likeness (QED) is 0.805. The van der Waals surface area contributed by atoms with Gasteiger partial charge in [0.1, 0.15) is 10.7 Å². The van der Waals surface area contributed by atoms with Crippen molar-refractivity contribution < 1.29 is 23.5 Å². The molecule has 9 heteroatoms. The van der Waals surface area contributed by atoms with Crippen LogP contribution in [-0.4, -0.2) is 24.0 Å². The highest BCUT2D eigenvalue weighted by Crippen LogP contribution is 2.36. The molecule has 0 bridgehead atoms. The van der Waals surface area contributed by atoms with E-state index in [2.05, 4.69) is 0 Å². The Hall–Kier alpha value is -2.19.